The van der Waals surface area contributed by atoms with Crippen LogP contribution in [0.15, 0.2) is 36.7 Å². The summed E-state index contributed by atoms with van der Waals surface area (Å²) in [6.07, 6.45) is 3.18. The number of hydrogen-bond acceptors (Lipinski definition) is 4. The van der Waals surface area contributed by atoms with Gasteiger partial charge in [0.2, 0.25) is 5.91 Å². The minimum atomic E-state index is -1.19. The monoisotopic (exact) mass is 345 g/mol. The lowest BCUT2D eigenvalue weighted by Gasteiger charge is -2.19. The number of carboxylic acid groups (broad SMARTS) is 1. The molecule has 25 heavy (non-hydrogen) atoms. The first-order chi connectivity index (χ1) is 11.7. The average molecular weight is 345 g/mol. The van der Waals surface area contributed by atoms with Gasteiger partial charge >= 0.3 is 5.97 Å². The summed E-state index contributed by atoms with van der Waals surface area (Å²) in [5.74, 6) is -0.499. The Labute approximate surface area is 146 Å². The largest absolute Gasteiger partial charge is 0.491 e. The van der Waals surface area contributed by atoms with Crippen molar-refractivity contribution in [2.45, 2.75) is 45.8 Å². The van der Waals surface area contributed by atoms with Gasteiger partial charge in [-0.3, -0.25) is 9.48 Å². The Morgan fingerprint density at radius 3 is 2.72 bits per heavy atom. The van der Waals surface area contributed by atoms with E-state index in [9.17, 15) is 14.7 Å². The second kappa shape index (κ2) is 7.38. The lowest BCUT2D eigenvalue weighted by atomic mass is 10.1. The zero-order valence-corrected chi connectivity index (χ0v) is 14.8. The van der Waals surface area contributed by atoms with Crippen molar-refractivity contribution >= 4 is 17.6 Å². The highest BCUT2D eigenvalue weighted by molar-refractivity contribution is 5.92. The lowest BCUT2D eigenvalue weighted by Crippen LogP contribution is -2.35. The van der Waals surface area contributed by atoms with Crippen LogP contribution in [-0.4, -0.2) is 32.9 Å². The molecule has 0 unspecified atom stereocenters. The van der Waals surface area contributed by atoms with Crippen LogP contribution in [0.5, 0.6) is 5.75 Å². The van der Waals surface area contributed by atoms with E-state index in [-0.39, 0.29) is 18.4 Å². The molecule has 0 aliphatic rings. The number of amides is 1. The predicted octanol–water partition coefficient (Wildman–Crippen LogP) is 2.67. The first kappa shape index (κ1) is 18.5. The second-order valence-electron chi connectivity index (χ2n) is 6.58. The summed E-state index contributed by atoms with van der Waals surface area (Å²) in [5, 5.41) is 16.0. The molecule has 0 saturated heterocycles. The molecular weight excluding hydrogens is 322 g/mol. The maximum atomic E-state index is 12.2. The quantitative estimate of drug-likeness (QED) is 0.805. The van der Waals surface area contributed by atoms with E-state index in [0.29, 0.717) is 5.69 Å². The Bertz CT molecular complexity index is 765. The first-order valence-corrected chi connectivity index (χ1v) is 8.02. The predicted molar refractivity (Wildman–Crippen MR) is 93.7 cm³/mol. The van der Waals surface area contributed by atoms with Crippen molar-refractivity contribution in [2.75, 3.05) is 5.32 Å². The third-order valence-electron chi connectivity index (χ3n) is 3.60. The Morgan fingerprint density at radius 2 is 2.08 bits per heavy atom. The molecule has 7 nitrogen and oxygen atoms in total. The van der Waals surface area contributed by atoms with Crippen LogP contribution < -0.4 is 10.1 Å². The van der Waals surface area contributed by atoms with Gasteiger partial charge in [-0.2, -0.15) is 5.10 Å². The van der Waals surface area contributed by atoms with Crippen molar-refractivity contribution in [3.8, 4) is 5.75 Å². The molecule has 0 aliphatic heterocycles. The van der Waals surface area contributed by atoms with E-state index in [2.05, 4.69) is 10.4 Å². The van der Waals surface area contributed by atoms with Gasteiger partial charge in [0.25, 0.3) is 0 Å². The number of anilines is 1. The summed E-state index contributed by atoms with van der Waals surface area (Å²) in [6.45, 7) is 6.95. The standard InChI is InChI=1S/C18H23N3O4/c1-12(2)25-15-7-5-6-13(8-15)9-16(22)20-14-10-19-21(11-14)18(3,4)17(23)24/h5-8,10-12H,9H2,1-4H3,(H,20,22)(H,23,24). The van der Waals surface area contributed by atoms with Crippen LogP contribution in [0.1, 0.15) is 33.3 Å². The number of aliphatic carboxylic acids is 1. The first-order valence-electron chi connectivity index (χ1n) is 8.02. The molecule has 1 aromatic carbocycles. The molecule has 1 amide bonds. The maximum absolute atomic E-state index is 12.2. The summed E-state index contributed by atoms with van der Waals surface area (Å²) < 4.78 is 6.92. The van der Waals surface area contributed by atoms with E-state index in [4.69, 9.17) is 4.74 Å². The highest BCUT2D eigenvalue weighted by Crippen LogP contribution is 2.18. The molecule has 0 fully saturated rings. The van der Waals surface area contributed by atoms with Gasteiger partial charge in [0.15, 0.2) is 5.54 Å². The molecule has 0 saturated carbocycles. The van der Waals surface area contributed by atoms with E-state index in [1.54, 1.807) is 0 Å². The average Bonchev–Trinajstić information content (AvgIpc) is 2.95. The number of nitrogens with zero attached hydrogens (tertiary/aromatic N) is 2. The van der Waals surface area contributed by atoms with Crippen LogP contribution in [0.25, 0.3) is 0 Å². The highest BCUT2D eigenvalue weighted by Gasteiger charge is 2.30. The Balaban J connectivity index is 2.02. The normalized spacial score (nSPS) is 11.4. The number of carboxylic acids is 1. The van der Waals surface area contributed by atoms with Gasteiger partial charge in [-0.05, 0) is 45.4 Å². The minimum Gasteiger partial charge on any atom is -0.491 e. The zero-order chi connectivity index (χ0) is 18.6. The molecule has 0 radical (unpaired) electrons. The second-order valence-corrected chi connectivity index (χ2v) is 6.58. The molecule has 1 aromatic heterocycles. The summed E-state index contributed by atoms with van der Waals surface area (Å²) >= 11 is 0. The lowest BCUT2D eigenvalue weighted by molar-refractivity contribution is -0.146. The SMILES string of the molecule is CC(C)Oc1cccc(CC(=O)Nc2cnn(C(C)(C)C(=O)O)c2)c1. The number of hydrogen-bond donors (Lipinski definition) is 2. The summed E-state index contributed by atoms with van der Waals surface area (Å²) in [6, 6.07) is 7.37. The van der Waals surface area contributed by atoms with Gasteiger partial charge in [-0.1, -0.05) is 12.1 Å². The third-order valence-corrected chi connectivity index (χ3v) is 3.60. The van der Waals surface area contributed by atoms with E-state index in [1.807, 2.05) is 38.1 Å². The van der Waals surface area contributed by atoms with Crippen LogP contribution in [-0.2, 0) is 21.5 Å². The molecule has 1 heterocycles. The van der Waals surface area contributed by atoms with E-state index < -0.39 is 11.5 Å². The smallest absolute Gasteiger partial charge is 0.331 e. The molecular formula is C18H23N3O4. The Morgan fingerprint density at radius 1 is 1.36 bits per heavy atom. The molecule has 2 aromatic rings. The topological polar surface area (TPSA) is 93.5 Å². The summed E-state index contributed by atoms with van der Waals surface area (Å²) in [4.78, 5) is 23.4. The van der Waals surface area contributed by atoms with Gasteiger partial charge < -0.3 is 15.2 Å². The number of nitrogens with one attached hydrogen (secondary N) is 1. The molecule has 7 heteroatoms. The van der Waals surface area contributed by atoms with E-state index in [1.165, 1.54) is 30.9 Å². The fraction of sp³-hybridized carbons (Fsp3) is 0.389. The minimum absolute atomic E-state index is 0.0625. The van der Waals surface area contributed by atoms with E-state index >= 15 is 0 Å². The van der Waals surface area contributed by atoms with Gasteiger partial charge in [0.1, 0.15) is 5.75 Å². The van der Waals surface area contributed by atoms with Gasteiger partial charge in [0, 0.05) is 6.20 Å². The van der Waals surface area contributed by atoms with Gasteiger partial charge in [-0.15, -0.1) is 0 Å². The molecule has 2 rings (SSSR count). The zero-order valence-electron chi connectivity index (χ0n) is 14.8. The van der Waals surface area contributed by atoms with Gasteiger partial charge in [0.05, 0.1) is 24.4 Å². The third kappa shape index (κ3) is 4.82. The number of carbonyl (C=O) groups is 2. The fourth-order valence-electron chi connectivity index (χ4n) is 2.18. The number of carbonyl (C=O) groups excluding carboxylic acids is 1. The van der Waals surface area contributed by atoms with Crippen molar-refractivity contribution in [2.24, 2.45) is 0 Å². The van der Waals surface area contributed by atoms with Crippen LogP contribution in [0.2, 0.25) is 0 Å². The molecule has 2 N–H and O–H groups in total. The van der Waals surface area contributed by atoms with Gasteiger partial charge in [-0.25, -0.2) is 4.79 Å². The maximum Gasteiger partial charge on any atom is 0.331 e. The molecule has 134 valence electrons. The van der Waals surface area contributed by atoms with Crippen LogP contribution >= 0.6 is 0 Å². The van der Waals surface area contributed by atoms with Crippen molar-refractivity contribution in [1.29, 1.82) is 0 Å². The van der Waals surface area contributed by atoms with Crippen molar-refractivity contribution in [3.63, 3.8) is 0 Å². The number of benzene rings is 1. The summed E-state index contributed by atoms with van der Waals surface area (Å²) in [7, 11) is 0. The number of rotatable bonds is 7. The molecule has 0 bridgehead atoms. The number of ether oxygens (including phenoxy) is 1. The Hall–Kier alpha value is -2.83. The fourth-order valence-corrected chi connectivity index (χ4v) is 2.18. The van der Waals surface area contributed by atoms with Crippen LogP contribution in [0, 0.1) is 0 Å². The molecule has 0 spiro atoms. The summed E-state index contributed by atoms with van der Waals surface area (Å²) in [5.41, 5.74) is 0.0914. The Kier molecular flexibility index (Phi) is 5.46. The van der Waals surface area contributed by atoms with Crippen molar-refractivity contribution in [3.05, 3.63) is 42.2 Å². The van der Waals surface area contributed by atoms with Crippen molar-refractivity contribution < 1.29 is 19.4 Å². The number of aromatic nitrogens is 2. The van der Waals surface area contributed by atoms with Crippen molar-refractivity contribution in [1.82, 2.24) is 9.78 Å². The van der Waals surface area contributed by atoms with Crippen LogP contribution in [0.4, 0.5) is 5.69 Å². The molecule has 0 aliphatic carbocycles. The van der Waals surface area contributed by atoms with Crippen LogP contribution in [0.3, 0.4) is 0 Å². The van der Waals surface area contributed by atoms with E-state index in [0.717, 1.165) is 11.3 Å². The molecule has 0 atom stereocenters. The highest BCUT2D eigenvalue weighted by atomic mass is 16.5.